The Hall–Kier alpha value is -3.07. The number of H-pyrrole nitrogens is 1. The molecule has 3 aromatic rings. The van der Waals surface area contributed by atoms with Gasteiger partial charge in [0.2, 0.25) is 0 Å². The van der Waals surface area contributed by atoms with Crippen LogP contribution in [-0.2, 0) is 0 Å². The Morgan fingerprint density at radius 3 is 2.83 bits per heavy atom. The minimum atomic E-state index is -0.190. The molecule has 0 amide bonds. The zero-order valence-corrected chi connectivity index (χ0v) is 13.1. The van der Waals surface area contributed by atoms with Crippen molar-refractivity contribution in [3.8, 4) is 23.1 Å². The third-order valence-corrected chi connectivity index (χ3v) is 3.74. The highest BCUT2D eigenvalue weighted by Crippen LogP contribution is 2.28. The number of fused-ring (bicyclic) bond motifs is 1. The summed E-state index contributed by atoms with van der Waals surface area (Å²) < 4.78 is 6.57. The molecule has 23 heavy (non-hydrogen) atoms. The van der Waals surface area contributed by atoms with E-state index in [1.54, 1.807) is 7.11 Å². The number of aromatic nitrogens is 3. The van der Waals surface area contributed by atoms with Crippen molar-refractivity contribution in [1.29, 1.82) is 5.26 Å². The lowest BCUT2D eigenvalue weighted by atomic mass is 9.98. The Bertz CT molecular complexity index is 976. The highest BCUT2D eigenvalue weighted by atomic mass is 16.5. The van der Waals surface area contributed by atoms with Crippen LogP contribution in [0, 0.1) is 11.3 Å². The second-order valence-electron chi connectivity index (χ2n) is 5.52. The van der Waals surface area contributed by atoms with Crippen molar-refractivity contribution in [1.82, 2.24) is 14.6 Å². The molecule has 0 aliphatic heterocycles. The molecule has 0 aliphatic carbocycles. The highest BCUT2D eigenvalue weighted by Gasteiger charge is 2.20. The van der Waals surface area contributed by atoms with Crippen LogP contribution in [0.25, 0.3) is 16.9 Å². The third kappa shape index (κ3) is 2.36. The zero-order valence-electron chi connectivity index (χ0n) is 13.1. The fourth-order valence-electron chi connectivity index (χ4n) is 2.62. The topological polar surface area (TPSA) is 83.2 Å². The Kier molecular flexibility index (Phi) is 3.62. The number of nitrogens with zero attached hydrogens (tertiary/aromatic N) is 3. The maximum absolute atomic E-state index is 12.8. The van der Waals surface area contributed by atoms with E-state index < -0.39 is 0 Å². The van der Waals surface area contributed by atoms with E-state index in [0.717, 1.165) is 5.56 Å². The molecular weight excluding hydrogens is 292 g/mol. The largest absolute Gasteiger partial charge is 0.497 e. The van der Waals surface area contributed by atoms with Crippen LogP contribution in [0.5, 0.6) is 5.75 Å². The minimum absolute atomic E-state index is 0.0121. The van der Waals surface area contributed by atoms with E-state index in [0.29, 0.717) is 28.2 Å². The summed E-state index contributed by atoms with van der Waals surface area (Å²) in [6, 6.07) is 9.45. The Morgan fingerprint density at radius 1 is 1.39 bits per heavy atom. The summed E-state index contributed by atoms with van der Waals surface area (Å²) in [6.45, 7) is 3.89. The number of ether oxygens (including phenoxy) is 1. The zero-order chi connectivity index (χ0) is 16.6. The van der Waals surface area contributed by atoms with Crippen LogP contribution >= 0.6 is 0 Å². The van der Waals surface area contributed by atoms with Crippen LogP contribution in [0.2, 0.25) is 0 Å². The van der Waals surface area contributed by atoms with E-state index in [9.17, 15) is 10.1 Å². The highest BCUT2D eigenvalue weighted by molar-refractivity contribution is 5.69. The molecule has 0 spiro atoms. The van der Waals surface area contributed by atoms with Crippen molar-refractivity contribution in [2.45, 2.75) is 19.8 Å². The lowest BCUT2D eigenvalue weighted by Gasteiger charge is -2.12. The summed E-state index contributed by atoms with van der Waals surface area (Å²) in [5, 5.41) is 12.0. The number of rotatable bonds is 3. The van der Waals surface area contributed by atoms with Crippen LogP contribution in [-0.4, -0.2) is 21.7 Å². The van der Waals surface area contributed by atoms with Gasteiger partial charge in [-0.1, -0.05) is 26.0 Å². The second-order valence-corrected chi connectivity index (χ2v) is 5.52. The first-order valence-electron chi connectivity index (χ1n) is 7.25. The van der Waals surface area contributed by atoms with Gasteiger partial charge in [0.1, 0.15) is 17.4 Å². The van der Waals surface area contributed by atoms with Gasteiger partial charge in [0.05, 0.1) is 12.8 Å². The molecule has 2 aromatic heterocycles. The molecule has 3 rings (SSSR count). The molecule has 6 nitrogen and oxygen atoms in total. The Labute approximate surface area is 133 Å². The van der Waals surface area contributed by atoms with Gasteiger partial charge in [0.15, 0.2) is 5.65 Å². The molecule has 6 heteroatoms. The van der Waals surface area contributed by atoms with Gasteiger partial charge in [-0.3, -0.25) is 9.89 Å². The van der Waals surface area contributed by atoms with Crippen molar-refractivity contribution in [3.63, 3.8) is 0 Å². The van der Waals surface area contributed by atoms with Gasteiger partial charge in [-0.25, -0.2) is 9.50 Å². The molecular formula is C17H16N4O2. The van der Waals surface area contributed by atoms with E-state index in [-0.39, 0.29) is 11.5 Å². The molecule has 1 aromatic carbocycles. The number of nitriles is 1. The molecule has 0 fully saturated rings. The van der Waals surface area contributed by atoms with Crippen molar-refractivity contribution in [3.05, 3.63) is 51.9 Å². The van der Waals surface area contributed by atoms with Crippen LogP contribution < -0.4 is 10.3 Å². The predicted octanol–water partition coefficient (Wildman–Crippen LogP) is 2.69. The summed E-state index contributed by atoms with van der Waals surface area (Å²) in [6.07, 6.45) is 1.49. The molecule has 1 N–H and O–H groups in total. The van der Waals surface area contributed by atoms with Gasteiger partial charge in [0, 0.05) is 17.3 Å². The summed E-state index contributed by atoms with van der Waals surface area (Å²) in [5.74, 6) is 0.677. The normalized spacial score (nSPS) is 10.9. The number of hydrogen-bond acceptors (Lipinski definition) is 4. The first kappa shape index (κ1) is 14.9. The number of nitrogens with one attached hydrogen (secondary N) is 1. The van der Waals surface area contributed by atoms with Crippen LogP contribution in [0.15, 0.2) is 35.3 Å². The van der Waals surface area contributed by atoms with E-state index in [4.69, 9.17) is 4.74 Å². The molecule has 0 saturated heterocycles. The standard InChI is InChI=1S/C17H16N4O2/c1-10(2)14-15(11-5-4-6-13(7-11)23-3)20-16-12(8-18)9-19-21(16)17(14)22/h4-7,9-10,19H,1-3H3. The van der Waals surface area contributed by atoms with Gasteiger partial charge >= 0.3 is 0 Å². The van der Waals surface area contributed by atoms with Crippen LogP contribution in [0.4, 0.5) is 0 Å². The lowest BCUT2D eigenvalue weighted by Crippen LogP contribution is -2.22. The minimum Gasteiger partial charge on any atom is -0.497 e. The van der Waals surface area contributed by atoms with Crippen molar-refractivity contribution < 1.29 is 4.74 Å². The lowest BCUT2D eigenvalue weighted by molar-refractivity contribution is 0.415. The van der Waals surface area contributed by atoms with Gasteiger partial charge in [0.25, 0.3) is 5.56 Å². The summed E-state index contributed by atoms with van der Waals surface area (Å²) in [4.78, 5) is 17.4. The monoisotopic (exact) mass is 308 g/mol. The fourth-order valence-corrected chi connectivity index (χ4v) is 2.62. The number of hydrogen-bond donors (Lipinski definition) is 1. The Morgan fingerprint density at radius 2 is 2.17 bits per heavy atom. The first-order valence-corrected chi connectivity index (χ1v) is 7.25. The van der Waals surface area contributed by atoms with Crippen molar-refractivity contribution in [2.24, 2.45) is 0 Å². The summed E-state index contributed by atoms with van der Waals surface area (Å²) in [7, 11) is 1.59. The van der Waals surface area contributed by atoms with E-state index in [1.807, 2.05) is 44.2 Å². The SMILES string of the molecule is COc1cccc(-c2nc3c(C#N)c[nH]n3c(=O)c2C(C)C)c1. The van der Waals surface area contributed by atoms with E-state index >= 15 is 0 Å². The van der Waals surface area contributed by atoms with E-state index in [2.05, 4.69) is 10.1 Å². The average molecular weight is 308 g/mol. The second kappa shape index (κ2) is 5.61. The molecule has 0 bridgehead atoms. The maximum atomic E-state index is 12.8. The first-order chi connectivity index (χ1) is 11.1. The quantitative estimate of drug-likeness (QED) is 0.806. The third-order valence-electron chi connectivity index (χ3n) is 3.74. The van der Waals surface area contributed by atoms with Crippen molar-refractivity contribution >= 4 is 5.65 Å². The summed E-state index contributed by atoms with van der Waals surface area (Å²) in [5.41, 5.74) is 2.45. The van der Waals surface area contributed by atoms with Gasteiger partial charge in [-0.2, -0.15) is 5.26 Å². The van der Waals surface area contributed by atoms with Crippen molar-refractivity contribution in [2.75, 3.05) is 7.11 Å². The molecule has 0 unspecified atom stereocenters. The molecule has 0 saturated carbocycles. The maximum Gasteiger partial charge on any atom is 0.276 e. The molecule has 0 atom stereocenters. The fraction of sp³-hybridized carbons (Fsp3) is 0.235. The summed E-state index contributed by atoms with van der Waals surface area (Å²) >= 11 is 0. The van der Waals surface area contributed by atoms with Crippen LogP contribution in [0.1, 0.15) is 30.9 Å². The van der Waals surface area contributed by atoms with Gasteiger partial charge in [-0.15, -0.1) is 0 Å². The molecule has 0 aliphatic rings. The molecule has 0 radical (unpaired) electrons. The number of methoxy groups -OCH3 is 1. The Balaban J connectivity index is 2.40. The predicted molar refractivity (Wildman–Crippen MR) is 86.6 cm³/mol. The number of aromatic amines is 1. The molecule has 2 heterocycles. The molecule has 116 valence electrons. The van der Waals surface area contributed by atoms with Gasteiger partial charge in [-0.05, 0) is 18.1 Å². The smallest absolute Gasteiger partial charge is 0.276 e. The number of benzene rings is 1. The average Bonchev–Trinajstić information content (AvgIpc) is 2.97. The van der Waals surface area contributed by atoms with Gasteiger partial charge < -0.3 is 4.74 Å². The van der Waals surface area contributed by atoms with E-state index in [1.165, 1.54) is 10.7 Å². The van der Waals surface area contributed by atoms with Crippen LogP contribution in [0.3, 0.4) is 0 Å².